The first-order valence-corrected chi connectivity index (χ1v) is 11.1. The fourth-order valence-corrected chi connectivity index (χ4v) is 1.44. The third kappa shape index (κ3) is 10.8. The van der Waals surface area contributed by atoms with E-state index >= 15 is 0 Å². The minimum Gasteiger partial charge on any atom is -0.208 e. The molecule has 0 heterocycles. The van der Waals surface area contributed by atoms with Crippen LogP contribution in [-0.2, 0) is 19.2 Å². The topological polar surface area (TPSA) is 0 Å². The maximum Gasteiger partial charge on any atom is -0.0635 e. The van der Waals surface area contributed by atoms with Crippen molar-refractivity contribution >= 4 is 6.19 Å². The zero-order valence-electron chi connectivity index (χ0n) is 12.5. The average molecular weight is 292 g/mol. The minimum atomic E-state index is 0.120. The minimum absolute atomic E-state index is 0.120. The van der Waals surface area contributed by atoms with E-state index in [9.17, 15) is 0 Å². The van der Waals surface area contributed by atoms with Crippen molar-refractivity contribution in [1.29, 1.82) is 0 Å². The Hall–Kier alpha value is -0.369. The van der Waals surface area contributed by atoms with E-state index in [-0.39, 0.29) is 6.19 Å². The van der Waals surface area contributed by atoms with Gasteiger partial charge in [-0.2, -0.15) is 35.4 Å². The molecule has 18 heavy (non-hydrogen) atoms. The van der Waals surface area contributed by atoms with Gasteiger partial charge in [0.1, 0.15) is 0 Å². The summed E-state index contributed by atoms with van der Waals surface area (Å²) < 4.78 is 0. The summed E-state index contributed by atoms with van der Waals surface area (Å²) in [7, 11) is 0. The van der Waals surface area contributed by atoms with Gasteiger partial charge in [0.25, 0.3) is 0 Å². The molecule has 0 saturated carbocycles. The zero-order valence-corrected chi connectivity index (χ0v) is 15.0. The zero-order chi connectivity index (χ0) is 14.1. The summed E-state index contributed by atoms with van der Waals surface area (Å²) in [5, 5.41) is 0. The molecule has 2 rings (SSSR count). The van der Waals surface area contributed by atoms with Gasteiger partial charge in [0.15, 0.2) is 0 Å². The number of hydrogen-bond acceptors (Lipinski definition) is 0. The van der Waals surface area contributed by atoms with Crippen molar-refractivity contribution in [3.8, 4) is 0 Å². The summed E-state index contributed by atoms with van der Waals surface area (Å²) in [5.41, 5.74) is 5.44. The normalized spacial score (nSPS) is 8.89. The molecule has 0 aliphatic heterocycles. The monoisotopic (exact) mass is 292 g/mol. The Morgan fingerprint density at radius 3 is 1.17 bits per heavy atom. The molecule has 0 aromatic heterocycles. The van der Waals surface area contributed by atoms with E-state index in [4.69, 9.17) is 0 Å². The first-order chi connectivity index (χ1) is 8.31. The smallest absolute Gasteiger partial charge is 0.0635 e. The first kappa shape index (κ1) is 17.6. The molecule has 96 valence electrons. The molecule has 0 N–H and O–H groups in total. The summed E-state index contributed by atoms with van der Waals surface area (Å²) in [6.07, 6.45) is 0.120. The van der Waals surface area contributed by atoms with E-state index in [0.29, 0.717) is 0 Å². The molecule has 0 aliphatic carbocycles. The van der Waals surface area contributed by atoms with Crippen LogP contribution in [0.25, 0.3) is 0 Å². The van der Waals surface area contributed by atoms with Crippen LogP contribution in [0, 0.1) is 27.7 Å². The molecular formula is C16H24SiTi. The fraction of sp³-hybridized carbons (Fsp3) is 0.375. The molecule has 0 radical (unpaired) electrons. The number of hydrogen-bond donors (Lipinski definition) is 0. The molecule has 0 amide bonds. The van der Waals surface area contributed by atoms with Gasteiger partial charge >= 0.3 is 38.5 Å². The van der Waals surface area contributed by atoms with Crippen molar-refractivity contribution in [2.45, 2.75) is 40.8 Å². The average Bonchev–Trinajstić information content (AvgIpc) is 2.76. The third-order valence-corrected chi connectivity index (χ3v) is 2.13. The van der Waals surface area contributed by atoms with Gasteiger partial charge in [-0.3, -0.25) is 0 Å². The Labute approximate surface area is 124 Å². The Kier molecular flexibility index (Phi) is 9.35. The second kappa shape index (κ2) is 9.55. The van der Waals surface area contributed by atoms with Crippen molar-refractivity contribution in [3.63, 3.8) is 0 Å². The maximum atomic E-state index is 2.27. The molecule has 0 atom stereocenters. The van der Waals surface area contributed by atoms with Crippen molar-refractivity contribution in [2.75, 3.05) is 0 Å². The van der Waals surface area contributed by atoms with Crippen molar-refractivity contribution in [2.24, 2.45) is 0 Å². The molecule has 2 heteroatoms. The SMILES string of the molecule is C[Si](C)=[Ti+2].Cc1c[cH-]c(C)c1.Cc1c[cH-]c(C)c1. The van der Waals surface area contributed by atoms with Crippen LogP contribution in [0.4, 0.5) is 0 Å². The molecule has 0 spiro atoms. The van der Waals surface area contributed by atoms with Crippen LogP contribution < -0.4 is 0 Å². The van der Waals surface area contributed by atoms with Crippen molar-refractivity contribution in [3.05, 3.63) is 58.7 Å². The van der Waals surface area contributed by atoms with Crippen molar-refractivity contribution in [1.82, 2.24) is 0 Å². The van der Waals surface area contributed by atoms with Crippen LogP contribution in [0.15, 0.2) is 36.4 Å². The van der Waals surface area contributed by atoms with E-state index < -0.39 is 0 Å². The molecule has 0 nitrogen and oxygen atoms in total. The standard InChI is InChI=1S/2C7H9.C2H6Si.Ti/c2*1-6-3-4-7(2)5-6;1-3-2;/h2*3-5H,1-2H3;1-2H3;/q2*-1;;+2. The fourth-order valence-electron chi connectivity index (χ4n) is 1.44. The van der Waals surface area contributed by atoms with Crippen LogP contribution in [0.3, 0.4) is 0 Å². The van der Waals surface area contributed by atoms with Gasteiger partial charge in [-0.05, 0) is 0 Å². The summed E-state index contributed by atoms with van der Waals surface area (Å²) in [6, 6.07) is 12.8. The quantitative estimate of drug-likeness (QED) is 0.482. The number of aryl methyl sites for hydroxylation is 4. The second-order valence-electron chi connectivity index (χ2n) is 4.93. The summed E-state index contributed by atoms with van der Waals surface area (Å²) in [4.78, 5) is 0. The Bertz CT molecular complexity index is 388. The van der Waals surface area contributed by atoms with Crippen LogP contribution >= 0.6 is 0 Å². The predicted octanol–water partition coefficient (Wildman–Crippen LogP) is 4.83. The van der Waals surface area contributed by atoms with Gasteiger partial charge in [-0.1, -0.05) is 27.7 Å². The molecule has 2 aromatic carbocycles. The summed E-state index contributed by atoms with van der Waals surface area (Å²) in [6.45, 7) is 13.0. The van der Waals surface area contributed by atoms with Gasteiger partial charge in [-0.25, -0.2) is 23.3 Å². The molecule has 0 fully saturated rings. The van der Waals surface area contributed by atoms with Crippen LogP contribution in [0.5, 0.6) is 0 Å². The molecular weight excluding hydrogens is 268 g/mol. The van der Waals surface area contributed by atoms with Crippen molar-refractivity contribution < 1.29 is 19.2 Å². The van der Waals surface area contributed by atoms with Crippen LogP contribution in [-0.4, -0.2) is 6.19 Å². The van der Waals surface area contributed by atoms with E-state index in [0.717, 1.165) is 0 Å². The molecule has 0 saturated heterocycles. The summed E-state index contributed by atoms with van der Waals surface area (Å²) >= 11 is 2.27. The Morgan fingerprint density at radius 2 is 1.11 bits per heavy atom. The van der Waals surface area contributed by atoms with E-state index in [2.05, 4.69) is 96.4 Å². The first-order valence-electron chi connectivity index (χ1n) is 6.23. The molecule has 0 bridgehead atoms. The Morgan fingerprint density at radius 1 is 0.833 bits per heavy atom. The van der Waals surface area contributed by atoms with E-state index in [1.165, 1.54) is 22.3 Å². The second-order valence-corrected chi connectivity index (χ2v) is 11.6. The largest absolute Gasteiger partial charge is 0.208 e. The van der Waals surface area contributed by atoms with E-state index in [1.807, 2.05) is 0 Å². The summed E-state index contributed by atoms with van der Waals surface area (Å²) in [5.74, 6) is 0. The Balaban J connectivity index is 0.000000253. The number of rotatable bonds is 0. The predicted molar refractivity (Wildman–Crippen MR) is 80.5 cm³/mol. The molecule has 0 unspecified atom stereocenters. The van der Waals surface area contributed by atoms with E-state index in [1.54, 1.807) is 0 Å². The van der Waals surface area contributed by atoms with Gasteiger partial charge in [0.05, 0.1) is 0 Å². The van der Waals surface area contributed by atoms with Gasteiger partial charge < -0.3 is 0 Å². The third-order valence-electron chi connectivity index (χ3n) is 2.13. The van der Waals surface area contributed by atoms with Crippen LogP contribution in [0.1, 0.15) is 22.3 Å². The van der Waals surface area contributed by atoms with Crippen LogP contribution in [0.2, 0.25) is 13.1 Å². The van der Waals surface area contributed by atoms with Gasteiger partial charge in [-0.15, -0.1) is 0 Å². The van der Waals surface area contributed by atoms with Gasteiger partial charge in [0.2, 0.25) is 0 Å². The maximum absolute atomic E-state index is 2.27. The molecule has 2 aromatic rings. The molecule has 0 aliphatic rings. The van der Waals surface area contributed by atoms with Gasteiger partial charge in [0, 0.05) is 0 Å².